The molecule has 5 heteroatoms. The number of rotatable bonds is 2. The lowest BCUT2D eigenvalue weighted by atomic mass is 10.2. The topological polar surface area (TPSA) is 83.8 Å². The van der Waals surface area contributed by atoms with Gasteiger partial charge in [-0.05, 0) is 12.8 Å². The predicted molar refractivity (Wildman–Crippen MR) is 55.1 cm³/mol. The molecule has 1 aliphatic rings. The summed E-state index contributed by atoms with van der Waals surface area (Å²) in [5, 5.41) is 3.19. The molecule has 1 aromatic rings. The third-order valence-electron chi connectivity index (χ3n) is 2.52. The average molecular weight is 194 g/mol. The highest BCUT2D eigenvalue weighted by atomic mass is 16.1. The molecule has 14 heavy (non-hydrogen) atoms. The molecule has 0 amide bonds. The summed E-state index contributed by atoms with van der Waals surface area (Å²) >= 11 is 0. The molecule has 0 atom stereocenters. The molecule has 1 fully saturated rings. The predicted octanol–water partition coefficient (Wildman–Crippen LogP) is 0.707. The zero-order chi connectivity index (χ0) is 9.97. The number of anilines is 2. The number of hydrogen-bond acceptors (Lipinski definition) is 4. The van der Waals surface area contributed by atoms with E-state index in [1.54, 1.807) is 0 Å². The van der Waals surface area contributed by atoms with Crippen molar-refractivity contribution in [2.45, 2.75) is 31.7 Å². The van der Waals surface area contributed by atoms with E-state index in [4.69, 9.17) is 5.73 Å². The van der Waals surface area contributed by atoms with Crippen LogP contribution in [-0.2, 0) is 0 Å². The van der Waals surface area contributed by atoms with Gasteiger partial charge >= 0.3 is 0 Å². The quantitative estimate of drug-likeness (QED) is 0.647. The first kappa shape index (κ1) is 9.05. The molecule has 4 N–H and O–H groups in total. The first-order valence-corrected chi connectivity index (χ1v) is 4.87. The number of nitrogens with two attached hydrogens (primary N) is 1. The smallest absolute Gasteiger partial charge is 0.275 e. The molecule has 0 saturated heterocycles. The van der Waals surface area contributed by atoms with Gasteiger partial charge in [-0.2, -0.15) is 0 Å². The zero-order valence-electron chi connectivity index (χ0n) is 7.92. The van der Waals surface area contributed by atoms with Crippen molar-refractivity contribution >= 4 is 11.6 Å². The summed E-state index contributed by atoms with van der Waals surface area (Å²) in [7, 11) is 0. The minimum Gasteiger partial charge on any atom is -0.393 e. The van der Waals surface area contributed by atoms with E-state index in [1.807, 2.05) is 0 Å². The molecule has 5 nitrogen and oxygen atoms in total. The van der Waals surface area contributed by atoms with Crippen LogP contribution in [0, 0.1) is 0 Å². The molecular weight excluding hydrogens is 180 g/mol. The highest BCUT2D eigenvalue weighted by Crippen LogP contribution is 2.20. The maximum absolute atomic E-state index is 11.2. The van der Waals surface area contributed by atoms with E-state index in [1.165, 1.54) is 19.0 Å². The minimum absolute atomic E-state index is 0.155. The number of nitrogens with zero attached hydrogens (tertiary/aromatic N) is 1. The van der Waals surface area contributed by atoms with Crippen LogP contribution in [0.2, 0.25) is 0 Å². The first-order chi connectivity index (χ1) is 6.75. The largest absolute Gasteiger partial charge is 0.393 e. The number of nitrogens with one attached hydrogen (secondary N) is 2. The van der Waals surface area contributed by atoms with Gasteiger partial charge in [0.1, 0.15) is 5.69 Å². The molecule has 0 aliphatic heterocycles. The van der Waals surface area contributed by atoms with Gasteiger partial charge in [0, 0.05) is 6.04 Å². The summed E-state index contributed by atoms with van der Waals surface area (Å²) < 4.78 is 0. The third-order valence-corrected chi connectivity index (χ3v) is 2.52. The van der Waals surface area contributed by atoms with Gasteiger partial charge in [0.2, 0.25) is 5.95 Å². The summed E-state index contributed by atoms with van der Waals surface area (Å²) in [6.07, 6.45) is 6.17. The Balaban J connectivity index is 2.09. The van der Waals surface area contributed by atoms with Gasteiger partial charge in [-0.1, -0.05) is 12.8 Å². The van der Waals surface area contributed by atoms with Crippen molar-refractivity contribution in [2.24, 2.45) is 0 Å². The van der Waals surface area contributed by atoms with Crippen LogP contribution in [-0.4, -0.2) is 16.0 Å². The van der Waals surface area contributed by atoms with Gasteiger partial charge in [-0.3, -0.25) is 9.78 Å². The maximum atomic E-state index is 11.2. The zero-order valence-corrected chi connectivity index (χ0v) is 7.92. The molecule has 0 spiro atoms. The second-order valence-electron chi connectivity index (χ2n) is 3.64. The van der Waals surface area contributed by atoms with Gasteiger partial charge in [-0.25, -0.2) is 4.98 Å². The summed E-state index contributed by atoms with van der Waals surface area (Å²) in [5.41, 5.74) is 5.24. The fraction of sp³-hybridized carbons (Fsp3) is 0.556. The van der Waals surface area contributed by atoms with Crippen molar-refractivity contribution in [2.75, 3.05) is 11.1 Å². The van der Waals surface area contributed by atoms with Gasteiger partial charge in [-0.15, -0.1) is 0 Å². The van der Waals surface area contributed by atoms with Crippen LogP contribution >= 0.6 is 0 Å². The van der Waals surface area contributed by atoms with Crippen molar-refractivity contribution in [1.29, 1.82) is 0 Å². The van der Waals surface area contributed by atoms with Gasteiger partial charge < -0.3 is 11.1 Å². The van der Waals surface area contributed by atoms with E-state index < -0.39 is 0 Å². The Morgan fingerprint density at radius 1 is 1.50 bits per heavy atom. The Kier molecular flexibility index (Phi) is 2.39. The second kappa shape index (κ2) is 3.69. The fourth-order valence-electron chi connectivity index (χ4n) is 1.74. The monoisotopic (exact) mass is 194 g/mol. The van der Waals surface area contributed by atoms with E-state index >= 15 is 0 Å². The average Bonchev–Trinajstić information content (AvgIpc) is 2.64. The van der Waals surface area contributed by atoms with Crippen molar-refractivity contribution in [1.82, 2.24) is 9.97 Å². The molecule has 76 valence electrons. The van der Waals surface area contributed by atoms with Crippen LogP contribution in [0.15, 0.2) is 11.0 Å². The van der Waals surface area contributed by atoms with E-state index in [9.17, 15) is 4.79 Å². The molecule has 1 aliphatic carbocycles. The highest BCUT2D eigenvalue weighted by Gasteiger charge is 2.15. The fourth-order valence-corrected chi connectivity index (χ4v) is 1.74. The molecule has 0 bridgehead atoms. The molecule has 0 unspecified atom stereocenters. The summed E-state index contributed by atoms with van der Waals surface area (Å²) in [5.74, 6) is 0.524. The maximum Gasteiger partial charge on any atom is 0.275 e. The number of nitrogen functional groups attached to an aromatic ring is 1. The minimum atomic E-state index is -0.277. The van der Waals surface area contributed by atoms with Crippen LogP contribution in [0.4, 0.5) is 11.6 Å². The molecule has 1 heterocycles. The van der Waals surface area contributed by atoms with E-state index in [2.05, 4.69) is 15.3 Å². The van der Waals surface area contributed by atoms with Crippen LogP contribution in [0.3, 0.4) is 0 Å². The highest BCUT2D eigenvalue weighted by molar-refractivity contribution is 5.36. The molecule has 1 saturated carbocycles. The van der Waals surface area contributed by atoms with Crippen molar-refractivity contribution in [3.8, 4) is 0 Å². The number of hydrogen-bond donors (Lipinski definition) is 3. The number of aromatic nitrogens is 2. The lowest BCUT2D eigenvalue weighted by molar-refractivity contribution is 0.743. The summed E-state index contributed by atoms with van der Waals surface area (Å²) in [6.45, 7) is 0. The Hall–Kier alpha value is -1.52. The van der Waals surface area contributed by atoms with Crippen LogP contribution < -0.4 is 16.6 Å². The van der Waals surface area contributed by atoms with Crippen LogP contribution in [0.25, 0.3) is 0 Å². The number of aromatic amines is 1. The lowest BCUT2D eigenvalue weighted by Gasteiger charge is -2.11. The SMILES string of the molecule is Nc1cnc(NC2CCCC2)[nH]c1=O. The van der Waals surface area contributed by atoms with E-state index in [0.717, 1.165) is 12.8 Å². The third kappa shape index (κ3) is 1.86. The lowest BCUT2D eigenvalue weighted by Crippen LogP contribution is -2.21. The molecular formula is C9H14N4O. The summed E-state index contributed by atoms with van der Waals surface area (Å²) in [4.78, 5) is 17.8. The Morgan fingerprint density at radius 3 is 2.86 bits per heavy atom. The Labute approximate surface area is 81.7 Å². The molecule has 1 aromatic heterocycles. The Morgan fingerprint density at radius 2 is 2.21 bits per heavy atom. The van der Waals surface area contributed by atoms with E-state index in [0.29, 0.717) is 12.0 Å². The number of H-pyrrole nitrogens is 1. The second-order valence-corrected chi connectivity index (χ2v) is 3.64. The molecule has 0 aromatic carbocycles. The van der Waals surface area contributed by atoms with E-state index in [-0.39, 0.29) is 11.2 Å². The van der Waals surface area contributed by atoms with Crippen molar-refractivity contribution < 1.29 is 0 Å². The molecule has 0 radical (unpaired) electrons. The van der Waals surface area contributed by atoms with Crippen molar-refractivity contribution in [3.05, 3.63) is 16.6 Å². The van der Waals surface area contributed by atoms with Crippen LogP contribution in [0.5, 0.6) is 0 Å². The van der Waals surface area contributed by atoms with Gasteiger partial charge in [0.25, 0.3) is 5.56 Å². The molecule has 2 rings (SSSR count). The van der Waals surface area contributed by atoms with Crippen molar-refractivity contribution in [3.63, 3.8) is 0 Å². The van der Waals surface area contributed by atoms with Crippen LogP contribution in [0.1, 0.15) is 25.7 Å². The first-order valence-electron chi connectivity index (χ1n) is 4.87. The van der Waals surface area contributed by atoms with Gasteiger partial charge in [0.05, 0.1) is 6.20 Å². The standard InChI is InChI=1S/C9H14N4O/c10-7-5-11-9(13-8(7)14)12-6-3-1-2-4-6/h5-6H,1-4,10H2,(H2,11,12,13,14). The Bertz CT molecular complexity index is 367. The summed E-state index contributed by atoms with van der Waals surface area (Å²) in [6, 6.07) is 0.446. The van der Waals surface area contributed by atoms with Gasteiger partial charge in [0.15, 0.2) is 0 Å². The normalized spacial score (nSPS) is 17.1.